The van der Waals surface area contributed by atoms with Gasteiger partial charge in [-0.25, -0.2) is 9.07 Å². The smallest absolute Gasteiger partial charge is 0.381 e. The number of para-hydroxylation sites is 1. The molecule has 0 aliphatic carbocycles. The molecule has 0 bridgehead atoms. The normalized spacial score (nSPS) is 19.5. The van der Waals surface area contributed by atoms with Crippen LogP contribution in [0.2, 0.25) is 0 Å². The van der Waals surface area contributed by atoms with Gasteiger partial charge in [0, 0.05) is 60.8 Å². The summed E-state index contributed by atoms with van der Waals surface area (Å²) in [4.78, 5) is 45.2. The Labute approximate surface area is 303 Å². The molecule has 4 heterocycles. The number of fused-ring (bicyclic) bond motifs is 1. The van der Waals surface area contributed by atoms with Crippen molar-refractivity contribution in [1.29, 1.82) is 0 Å². The highest BCUT2D eigenvalue weighted by molar-refractivity contribution is 6.05. The van der Waals surface area contributed by atoms with Crippen molar-refractivity contribution in [3.63, 3.8) is 0 Å². The van der Waals surface area contributed by atoms with Crippen LogP contribution < -0.4 is 15.5 Å². The van der Waals surface area contributed by atoms with Gasteiger partial charge in [0.05, 0.1) is 30.1 Å². The van der Waals surface area contributed by atoms with Gasteiger partial charge in [0.2, 0.25) is 5.91 Å². The fraction of sp³-hybridized carbons (Fsp3) is 0.333. The zero-order chi connectivity index (χ0) is 37.5. The Kier molecular flexibility index (Phi) is 9.68. The number of rotatable bonds is 10. The van der Waals surface area contributed by atoms with Crippen LogP contribution in [0.3, 0.4) is 0 Å². The molecule has 276 valence electrons. The Morgan fingerprint density at radius 2 is 1.77 bits per heavy atom. The van der Waals surface area contributed by atoms with E-state index in [0.29, 0.717) is 47.1 Å². The standard InChI is InChI=1S/C39H38F4N6O4/c1-3-48-36-32(31(25-12-14-28(40)15-13-25)33(37(48)52)45-35(51)26-8-7-9-27(18-26)39(41,42)43)30(46-49(36)29-10-5-4-6-11-29)19-44-34(50)24(2)20-47-21-38(22-47)16-17-53-23-38/h4-15,18,31,33H,2-3,16-17,19-23H2,1H3,(H,44,50)(H,45,51)/t31-,33-/m0/s1. The van der Waals surface area contributed by atoms with Crippen LogP contribution >= 0.6 is 0 Å². The van der Waals surface area contributed by atoms with Crippen LogP contribution in [0.25, 0.3) is 5.69 Å². The van der Waals surface area contributed by atoms with Gasteiger partial charge in [-0.15, -0.1) is 0 Å². The topological polar surface area (TPSA) is 109 Å². The molecule has 2 fully saturated rings. The molecule has 3 aliphatic rings. The first kappa shape index (κ1) is 36.0. The molecule has 10 nitrogen and oxygen atoms in total. The van der Waals surface area contributed by atoms with Gasteiger partial charge in [0.1, 0.15) is 17.7 Å². The molecule has 14 heteroatoms. The summed E-state index contributed by atoms with van der Waals surface area (Å²) in [5, 5.41) is 10.5. The molecule has 2 saturated heterocycles. The van der Waals surface area contributed by atoms with Crippen molar-refractivity contribution in [1.82, 2.24) is 25.3 Å². The van der Waals surface area contributed by atoms with Gasteiger partial charge in [0.15, 0.2) is 0 Å². The van der Waals surface area contributed by atoms with E-state index in [9.17, 15) is 31.9 Å². The molecule has 53 heavy (non-hydrogen) atoms. The molecule has 2 N–H and O–H groups in total. The van der Waals surface area contributed by atoms with E-state index in [-0.39, 0.29) is 30.0 Å². The van der Waals surface area contributed by atoms with E-state index in [2.05, 4.69) is 22.1 Å². The largest absolute Gasteiger partial charge is 0.416 e. The highest BCUT2D eigenvalue weighted by atomic mass is 19.4. The third-order valence-corrected chi connectivity index (χ3v) is 10.1. The van der Waals surface area contributed by atoms with Crippen LogP contribution in [0, 0.1) is 11.2 Å². The molecule has 3 aromatic carbocycles. The predicted molar refractivity (Wildman–Crippen MR) is 188 cm³/mol. The third kappa shape index (κ3) is 7.08. The van der Waals surface area contributed by atoms with Crippen molar-refractivity contribution >= 4 is 23.5 Å². The lowest BCUT2D eigenvalue weighted by Crippen LogP contribution is -2.57. The van der Waals surface area contributed by atoms with E-state index in [1.165, 1.54) is 35.2 Å². The third-order valence-electron chi connectivity index (χ3n) is 10.1. The van der Waals surface area contributed by atoms with Gasteiger partial charge in [-0.05, 0) is 61.4 Å². The molecule has 1 spiro atoms. The Hall–Kier alpha value is -5.34. The van der Waals surface area contributed by atoms with Crippen molar-refractivity contribution in [3.8, 4) is 5.69 Å². The predicted octanol–water partition coefficient (Wildman–Crippen LogP) is 5.22. The molecule has 4 aromatic rings. The van der Waals surface area contributed by atoms with E-state index in [4.69, 9.17) is 9.84 Å². The van der Waals surface area contributed by atoms with E-state index in [1.54, 1.807) is 23.7 Å². The minimum Gasteiger partial charge on any atom is -0.381 e. The summed E-state index contributed by atoms with van der Waals surface area (Å²) < 4.78 is 62.1. The maximum atomic E-state index is 14.5. The molecular weight excluding hydrogens is 692 g/mol. The summed E-state index contributed by atoms with van der Waals surface area (Å²) in [7, 11) is 0. The van der Waals surface area contributed by atoms with Crippen molar-refractivity contribution in [2.24, 2.45) is 5.41 Å². The Balaban J connectivity index is 1.26. The summed E-state index contributed by atoms with van der Waals surface area (Å²) in [5.41, 5.74) is 1.11. The lowest BCUT2D eigenvalue weighted by Gasteiger charge is -2.47. The highest BCUT2D eigenvalue weighted by Crippen LogP contribution is 2.44. The quantitative estimate of drug-likeness (QED) is 0.171. The number of carbonyl (C=O) groups is 3. The fourth-order valence-corrected chi connectivity index (χ4v) is 7.59. The van der Waals surface area contributed by atoms with Gasteiger partial charge in [-0.3, -0.25) is 24.2 Å². The van der Waals surface area contributed by atoms with Gasteiger partial charge < -0.3 is 15.4 Å². The maximum Gasteiger partial charge on any atom is 0.416 e. The molecule has 0 unspecified atom stereocenters. The molecule has 1 aromatic heterocycles. The van der Waals surface area contributed by atoms with Gasteiger partial charge >= 0.3 is 6.18 Å². The van der Waals surface area contributed by atoms with Crippen molar-refractivity contribution in [2.75, 3.05) is 44.3 Å². The number of hydrogen-bond acceptors (Lipinski definition) is 6. The Morgan fingerprint density at radius 1 is 1.04 bits per heavy atom. The molecule has 0 radical (unpaired) electrons. The first-order valence-electron chi connectivity index (χ1n) is 17.4. The van der Waals surface area contributed by atoms with Crippen molar-refractivity contribution in [2.45, 2.75) is 38.0 Å². The second-order valence-corrected chi connectivity index (χ2v) is 13.8. The number of aromatic nitrogens is 2. The highest BCUT2D eigenvalue weighted by Gasteiger charge is 2.47. The number of carbonyl (C=O) groups excluding carboxylic acids is 3. The summed E-state index contributed by atoms with van der Waals surface area (Å²) in [6.07, 6.45) is -3.70. The molecular formula is C39H38F4N6O4. The molecule has 7 rings (SSSR count). The number of likely N-dealkylation sites (N-methyl/N-ethyl adjacent to an activating group) is 1. The zero-order valence-corrected chi connectivity index (χ0v) is 29.0. The monoisotopic (exact) mass is 730 g/mol. The van der Waals surface area contributed by atoms with Crippen LogP contribution in [0.4, 0.5) is 23.4 Å². The molecule has 3 amide bonds. The summed E-state index contributed by atoms with van der Waals surface area (Å²) in [6, 6.07) is 17.1. The summed E-state index contributed by atoms with van der Waals surface area (Å²) in [6.45, 7) is 9.30. The Morgan fingerprint density at radius 3 is 2.43 bits per heavy atom. The fourth-order valence-electron chi connectivity index (χ4n) is 7.59. The first-order chi connectivity index (χ1) is 25.4. The molecule has 2 atom stereocenters. The van der Waals surface area contributed by atoms with Crippen LogP contribution in [0.5, 0.6) is 0 Å². The van der Waals surface area contributed by atoms with Crippen LogP contribution in [-0.2, 0) is 27.0 Å². The van der Waals surface area contributed by atoms with Crippen LogP contribution in [0.1, 0.15) is 52.0 Å². The number of benzene rings is 3. The number of alkyl halides is 3. The maximum absolute atomic E-state index is 14.5. The summed E-state index contributed by atoms with van der Waals surface area (Å²) in [5.74, 6) is -2.96. The second kappa shape index (κ2) is 14.2. The van der Waals surface area contributed by atoms with E-state index < -0.39 is 41.3 Å². The number of anilines is 1. The number of halogens is 4. The first-order valence-corrected chi connectivity index (χ1v) is 17.4. The molecule has 0 saturated carbocycles. The van der Waals surface area contributed by atoms with E-state index in [0.717, 1.165) is 44.3 Å². The minimum atomic E-state index is -4.69. The summed E-state index contributed by atoms with van der Waals surface area (Å²) >= 11 is 0. The number of ether oxygens (including phenoxy) is 1. The van der Waals surface area contributed by atoms with Gasteiger partial charge in [0.25, 0.3) is 11.8 Å². The lowest BCUT2D eigenvalue weighted by molar-refractivity contribution is -0.137. The Bertz CT molecular complexity index is 2030. The SMILES string of the molecule is C=C(CN1CC2(CCOC2)C1)C(=O)NCc1nn(-c2ccccc2)c2c1[C@H](c1ccc(F)cc1)[C@H](NC(=O)c1cccc(C(F)(F)F)c1)C(=O)N2CC. The van der Waals surface area contributed by atoms with Crippen LogP contribution in [0.15, 0.2) is 91.0 Å². The number of likely N-dealkylation sites (tertiary alicyclic amines) is 1. The van der Waals surface area contributed by atoms with E-state index in [1.807, 2.05) is 18.2 Å². The zero-order valence-electron chi connectivity index (χ0n) is 29.0. The van der Waals surface area contributed by atoms with Crippen molar-refractivity contribution < 1.29 is 36.7 Å². The minimum absolute atomic E-state index is 0.0878. The molecule has 3 aliphatic heterocycles. The number of amides is 3. The lowest BCUT2D eigenvalue weighted by atomic mass is 9.79. The second-order valence-electron chi connectivity index (χ2n) is 13.8. The van der Waals surface area contributed by atoms with Gasteiger partial charge in [-0.1, -0.05) is 43.0 Å². The van der Waals surface area contributed by atoms with E-state index >= 15 is 0 Å². The average molecular weight is 731 g/mol. The van der Waals surface area contributed by atoms with Crippen molar-refractivity contribution in [3.05, 3.63) is 125 Å². The number of nitrogens with zero attached hydrogens (tertiary/aromatic N) is 4. The average Bonchev–Trinajstić information content (AvgIpc) is 3.77. The number of nitrogens with one attached hydrogen (secondary N) is 2. The van der Waals surface area contributed by atoms with Crippen LogP contribution in [-0.4, -0.2) is 77.8 Å². The number of hydrogen-bond donors (Lipinski definition) is 2. The van der Waals surface area contributed by atoms with Gasteiger partial charge in [-0.2, -0.15) is 18.3 Å².